The lowest BCUT2D eigenvalue weighted by Crippen LogP contribution is -2.28. The Morgan fingerprint density at radius 2 is 2.46 bits per heavy atom. The first-order valence-electron chi connectivity index (χ1n) is 4.86. The highest BCUT2D eigenvalue weighted by Gasteiger charge is 2.18. The Labute approximate surface area is 84.8 Å². The molecule has 0 bridgehead atoms. The van der Waals surface area contributed by atoms with Crippen molar-refractivity contribution in [2.45, 2.75) is 39.0 Å². The fourth-order valence-corrected chi connectivity index (χ4v) is 1.83. The fourth-order valence-electron chi connectivity index (χ4n) is 1.78. The molecule has 0 aromatic carbocycles. The van der Waals surface area contributed by atoms with Crippen LogP contribution >= 0.6 is 12.2 Å². The van der Waals surface area contributed by atoms with Crippen molar-refractivity contribution in [1.82, 2.24) is 5.43 Å². The Kier molecular flexibility index (Phi) is 4.15. The van der Waals surface area contributed by atoms with Crippen molar-refractivity contribution < 1.29 is 0 Å². The number of nitrogens with one attached hydrogen (secondary N) is 1. The summed E-state index contributed by atoms with van der Waals surface area (Å²) in [5.74, 6) is 0.635. The van der Waals surface area contributed by atoms with Gasteiger partial charge in [0.15, 0.2) is 5.11 Å². The van der Waals surface area contributed by atoms with E-state index in [1.54, 1.807) is 0 Å². The van der Waals surface area contributed by atoms with Crippen molar-refractivity contribution in [3.63, 3.8) is 0 Å². The molecule has 0 aromatic heterocycles. The van der Waals surface area contributed by atoms with Crippen LogP contribution < -0.4 is 11.2 Å². The third kappa shape index (κ3) is 3.30. The molecule has 3 N–H and O–H groups in total. The molecule has 0 aromatic rings. The van der Waals surface area contributed by atoms with Crippen LogP contribution in [0.25, 0.3) is 0 Å². The molecule has 1 atom stereocenters. The van der Waals surface area contributed by atoms with Gasteiger partial charge in [0.2, 0.25) is 0 Å². The summed E-state index contributed by atoms with van der Waals surface area (Å²) in [5.41, 5.74) is 9.22. The summed E-state index contributed by atoms with van der Waals surface area (Å²) in [6.45, 7) is 2.20. The Balaban J connectivity index is 2.52. The van der Waals surface area contributed by atoms with Crippen molar-refractivity contribution in [3.8, 4) is 0 Å². The molecule has 1 aliphatic rings. The topological polar surface area (TPSA) is 50.4 Å². The summed E-state index contributed by atoms with van der Waals surface area (Å²) in [4.78, 5) is 0. The molecular weight excluding hydrogens is 182 g/mol. The van der Waals surface area contributed by atoms with E-state index in [2.05, 4.69) is 17.5 Å². The molecule has 1 fully saturated rings. The van der Waals surface area contributed by atoms with Gasteiger partial charge < -0.3 is 5.73 Å². The van der Waals surface area contributed by atoms with E-state index < -0.39 is 0 Å². The number of hydrogen-bond acceptors (Lipinski definition) is 2. The first-order chi connectivity index (χ1) is 6.24. The van der Waals surface area contributed by atoms with Gasteiger partial charge in [-0.15, -0.1) is 0 Å². The van der Waals surface area contributed by atoms with Crippen LogP contribution in [0.4, 0.5) is 0 Å². The van der Waals surface area contributed by atoms with Gasteiger partial charge in [-0.25, -0.2) is 0 Å². The van der Waals surface area contributed by atoms with Gasteiger partial charge in [-0.05, 0) is 43.8 Å². The van der Waals surface area contributed by atoms with E-state index in [1.165, 1.54) is 25.0 Å². The predicted octanol–water partition coefficient (Wildman–Crippen LogP) is 1.78. The molecule has 0 amide bonds. The Morgan fingerprint density at radius 3 is 3.08 bits per heavy atom. The zero-order chi connectivity index (χ0) is 9.68. The van der Waals surface area contributed by atoms with Crippen LogP contribution in [-0.2, 0) is 0 Å². The van der Waals surface area contributed by atoms with Crippen molar-refractivity contribution in [3.05, 3.63) is 0 Å². The van der Waals surface area contributed by atoms with Crippen LogP contribution in [-0.4, -0.2) is 10.8 Å². The molecule has 0 saturated heterocycles. The highest BCUT2D eigenvalue weighted by atomic mass is 32.1. The van der Waals surface area contributed by atoms with Crippen LogP contribution in [0.5, 0.6) is 0 Å². The minimum absolute atomic E-state index is 0.257. The molecule has 1 aliphatic carbocycles. The van der Waals surface area contributed by atoms with Gasteiger partial charge in [0.1, 0.15) is 0 Å². The maximum atomic E-state index is 5.31. The van der Waals surface area contributed by atoms with E-state index in [-0.39, 0.29) is 5.11 Å². The molecule has 74 valence electrons. The van der Waals surface area contributed by atoms with Gasteiger partial charge in [0.25, 0.3) is 0 Å². The van der Waals surface area contributed by atoms with Crippen LogP contribution in [0.15, 0.2) is 5.10 Å². The predicted molar refractivity (Wildman–Crippen MR) is 59.6 cm³/mol. The molecule has 1 saturated carbocycles. The monoisotopic (exact) mass is 199 g/mol. The molecule has 0 spiro atoms. The zero-order valence-electron chi connectivity index (χ0n) is 8.05. The van der Waals surface area contributed by atoms with E-state index >= 15 is 0 Å². The molecule has 0 heterocycles. The Hall–Kier alpha value is -0.640. The third-order valence-electron chi connectivity index (χ3n) is 2.51. The summed E-state index contributed by atoms with van der Waals surface area (Å²) in [6, 6.07) is 0. The van der Waals surface area contributed by atoms with Gasteiger partial charge in [-0.3, -0.25) is 5.43 Å². The van der Waals surface area contributed by atoms with Gasteiger partial charge in [0.05, 0.1) is 0 Å². The quantitative estimate of drug-likeness (QED) is 0.526. The number of hydrogen-bond donors (Lipinski definition) is 2. The summed E-state index contributed by atoms with van der Waals surface area (Å²) in [6.07, 6.45) is 6.08. The maximum absolute atomic E-state index is 5.31. The second-order valence-electron chi connectivity index (χ2n) is 3.43. The van der Waals surface area contributed by atoms with Crippen LogP contribution in [0.2, 0.25) is 0 Å². The van der Waals surface area contributed by atoms with Gasteiger partial charge in [-0.2, -0.15) is 5.10 Å². The van der Waals surface area contributed by atoms with Crippen LogP contribution in [0, 0.1) is 5.92 Å². The normalized spacial score (nSPS) is 25.9. The zero-order valence-corrected chi connectivity index (χ0v) is 8.86. The lowest BCUT2D eigenvalue weighted by Gasteiger charge is -2.22. The molecule has 4 heteroatoms. The van der Waals surface area contributed by atoms with Crippen LogP contribution in [0.1, 0.15) is 39.0 Å². The first-order valence-corrected chi connectivity index (χ1v) is 5.26. The lowest BCUT2D eigenvalue weighted by atomic mass is 9.86. The highest BCUT2D eigenvalue weighted by molar-refractivity contribution is 7.80. The van der Waals surface area contributed by atoms with E-state index in [1.807, 2.05) is 0 Å². The molecular formula is C9H17N3S. The molecule has 0 aliphatic heterocycles. The standard InChI is InChI=1S/C9H17N3S/c1-2-7-5-3-4-6-8(7)11-12-9(10)13/h7H,2-6H2,1H3,(H3,10,12,13). The second-order valence-corrected chi connectivity index (χ2v) is 3.87. The number of nitrogens with two attached hydrogens (primary N) is 1. The second kappa shape index (κ2) is 5.17. The van der Waals surface area contributed by atoms with Crippen molar-refractivity contribution in [1.29, 1.82) is 0 Å². The molecule has 3 nitrogen and oxygen atoms in total. The summed E-state index contributed by atoms with van der Waals surface area (Å²) >= 11 is 4.70. The van der Waals surface area contributed by atoms with Gasteiger partial charge in [0, 0.05) is 5.71 Å². The smallest absolute Gasteiger partial charge is 0.184 e. The molecule has 1 rings (SSSR count). The lowest BCUT2D eigenvalue weighted by molar-refractivity contribution is 0.511. The van der Waals surface area contributed by atoms with E-state index in [9.17, 15) is 0 Å². The molecule has 13 heavy (non-hydrogen) atoms. The third-order valence-corrected chi connectivity index (χ3v) is 2.60. The SMILES string of the molecule is CCC1CCCCC1=NNC(N)=S. The van der Waals surface area contributed by atoms with Gasteiger partial charge in [-0.1, -0.05) is 13.3 Å². The largest absolute Gasteiger partial charge is 0.375 e. The average Bonchev–Trinajstić information content (AvgIpc) is 2.15. The summed E-state index contributed by atoms with van der Waals surface area (Å²) in [7, 11) is 0. The first kappa shape index (κ1) is 10.4. The number of nitrogens with zero attached hydrogens (tertiary/aromatic N) is 1. The fraction of sp³-hybridized carbons (Fsp3) is 0.778. The summed E-state index contributed by atoms with van der Waals surface area (Å²) in [5, 5.41) is 4.49. The van der Waals surface area contributed by atoms with Crippen LogP contribution in [0.3, 0.4) is 0 Å². The maximum Gasteiger partial charge on any atom is 0.184 e. The summed E-state index contributed by atoms with van der Waals surface area (Å²) < 4.78 is 0. The number of rotatable bonds is 2. The van der Waals surface area contributed by atoms with Crippen molar-refractivity contribution in [2.75, 3.05) is 0 Å². The molecule has 0 radical (unpaired) electrons. The van der Waals surface area contributed by atoms with Gasteiger partial charge >= 0.3 is 0 Å². The number of hydrazone groups is 1. The number of thiocarbonyl (C=S) groups is 1. The van der Waals surface area contributed by atoms with E-state index in [4.69, 9.17) is 18.0 Å². The van der Waals surface area contributed by atoms with Crippen molar-refractivity contribution in [2.24, 2.45) is 16.8 Å². The van der Waals surface area contributed by atoms with E-state index in [0.29, 0.717) is 5.92 Å². The minimum Gasteiger partial charge on any atom is -0.375 e. The molecule has 1 unspecified atom stereocenters. The minimum atomic E-state index is 0.257. The Bertz CT molecular complexity index is 213. The average molecular weight is 199 g/mol. The Morgan fingerprint density at radius 1 is 1.69 bits per heavy atom. The highest BCUT2D eigenvalue weighted by Crippen LogP contribution is 2.23. The van der Waals surface area contributed by atoms with Crippen molar-refractivity contribution >= 4 is 23.0 Å². The van der Waals surface area contributed by atoms with E-state index in [0.717, 1.165) is 12.8 Å².